The van der Waals surface area contributed by atoms with Gasteiger partial charge < -0.3 is 5.32 Å². The van der Waals surface area contributed by atoms with E-state index in [-0.39, 0.29) is 0 Å². The Bertz CT molecular complexity index is 368. The predicted molar refractivity (Wildman–Crippen MR) is 75.5 cm³/mol. The molecule has 0 aromatic heterocycles. The topological polar surface area (TPSA) is 15.3 Å². The first-order chi connectivity index (χ1) is 8.86. The van der Waals surface area contributed by atoms with Crippen molar-refractivity contribution in [1.29, 1.82) is 0 Å². The monoisotopic (exact) mass is 244 g/mol. The minimum atomic E-state index is 0.630. The summed E-state index contributed by atoms with van der Waals surface area (Å²) in [6, 6.07) is 10.9. The molecule has 2 heteroatoms. The van der Waals surface area contributed by atoms with Gasteiger partial charge in [0.25, 0.3) is 0 Å². The first kappa shape index (κ1) is 12.2. The van der Waals surface area contributed by atoms with E-state index in [2.05, 4.69) is 40.5 Å². The largest absolute Gasteiger partial charge is 0.316 e. The van der Waals surface area contributed by atoms with Gasteiger partial charge in [-0.05, 0) is 56.3 Å². The van der Waals surface area contributed by atoms with E-state index in [4.69, 9.17) is 0 Å². The number of rotatable bonds is 2. The van der Waals surface area contributed by atoms with Gasteiger partial charge in [-0.3, -0.25) is 4.90 Å². The Morgan fingerprint density at radius 3 is 2.72 bits per heavy atom. The molecule has 1 aromatic rings. The zero-order chi connectivity index (χ0) is 12.3. The smallest absolute Gasteiger partial charge is 0.0233 e. The molecule has 2 aliphatic rings. The zero-order valence-electron chi connectivity index (χ0n) is 11.2. The summed E-state index contributed by atoms with van der Waals surface area (Å²) >= 11 is 0. The van der Waals surface area contributed by atoms with Crippen LogP contribution in [0.25, 0.3) is 0 Å². The number of hydrogen-bond acceptors (Lipinski definition) is 2. The average molecular weight is 244 g/mol. The van der Waals surface area contributed by atoms with Gasteiger partial charge in [0, 0.05) is 13.1 Å². The highest BCUT2D eigenvalue weighted by atomic mass is 15.1. The van der Waals surface area contributed by atoms with Crippen molar-refractivity contribution in [2.45, 2.75) is 32.2 Å². The van der Waals surface area contributed by atoms with Crippen molar-refractivity contribution < 1.29 is 0 Å². The fourth-order valence-electron chi connectivity index (χ4n) is 3.53. The predicted octanol–water partition coefficient (Wildman–Crippen LogP) is 2.65. The first-order valence-electron chi connectivity index (χ1n) is 7.33. The molecule has 1 N–H and O–H groups in total. The molecule has 1 spiro atoms. The fourth-order valence-corrected chi connectivity index (χ4v) is 3.53. The van der Waals surface area contributed by atoms with Crippen LogP contribution in [0.1, 0.15) is 31.2 Å². The highest BCUT2D eigenvalue weighted by molar-refractivity contribution is 5.14. The standard InChI is InChI=1S/C16H24N2/c1-2-5-15(6-3-1)13-18-11-4-7-16(9-12-18)8-10-17-14-16/h1-3,5-6,17H,4,7-14H2. The Morgan fingerprint density at radius 2 is 1.94 bits per heavy atom. The molecule has 1 unspecified atom stereocenters. The number of hydrogen-bond donors (Lipinski definition) is 1. The van der Waals surface area contributed by atoms with E-state index in [9.17, 15) is 0 Å². The van der Waals surface area contributed by atoms with Crippen LogP contribution in [0.4, 0.5) is 0 Å². The molecule has 18 heavy (non-hydrogen) atoms. The molecule has 2 fully saturated rings. The van der Waals surface area contributed by atoms with Gasteiger partial charge in [0.2, 0.25) is 0 Å². The third-order valence-electron chi connectivity index (χ3n) is 4.72. The van der Waals surface area contributed by atoms with Crippen LogP contribution in [0.2, 0.25) is 0 Å². The summed E-state index contributed by atoms with van der Waals surface area (Å²) < 4.78 is 0. The van der Waals surface area contributed by atoms with Crippen molar-refractivity contribution in [1.82, 2.24) is 10.2 Å². The zero-order valence-corrected chi connectivity index (χ0v) is 11.2. The minimum Gasteiger partial charge on any atom is -0.316 e. The molecule has 0 bridgehead atoms. The van der Waals surface area contributed by atoms with Gasteiger partial charge in [-0.15, -0.1) is 0 Å². The summed E-state index contributed by atoms with van der Waals surface area (Å²) in [5.41, 5.74) is 2.09. The molecule has 2 nitrogen and oxygen atoms in total. The third-order valence-corrected chi connectivity index (χ3v) is 4.72. The summed E-state index contributed by atoms with van der Waals surface area (Å²) in [5, 5.41) is 3.56. The molecule has 0 radical (unpaired) electrons. The second kappa shape index (κ2) is 5.41. The molecule has 98 valence electrons. The molecule has 0 aliphatic carbocycles. The second-order valence-electron chi connectivity index (χ2n) is 6.04. The Balaban J connectivity index is 1.59. The van der Waals surface area contributed by atoms with Crippen LogP contribution in [0.5, 0.6) is 0 Å². The number of nitrogens with one attached hydrogen (secondary N) is 1. The Kier molecular flexibility index (Phi) is 3.67. The summed E-state index contributed by atoms with van der Waals surface area (Å²) in [6.07, 6.45) is 5.57. The van der Waals surface area contributed by atoms with E-state index in [0.717, 1.165) is 6.54 Å². The van der Waals surface area contributed by atoms with Crippen LogP contribution in [-0.2, 0) is 6.54 Å². The van der Waals surface area contributed by atoms with Crippen molar-refractivity contribution >= 4 is 0 Å². The molecule has 0 saturated carbocycles. The maximum atomic E-state index is 3.56. The van der Waals surface area contributed by atoms with Crippen LogP contribution in [0, 0.1) is 5.41 Å². The van der Waals surface area contributed by atoms with E-state index in [1.54, 1.807) is 0 Å². The van der Waals surface area contributed by atoms with Crippen molar-refractivity contribution in [3.8, 4) is 0 Å². The fraction of sp³-hybridized carbons (Fsp3) is 0.625. The summed E-state index contributed by atoms with van der Waals surface area (Å²) in [7, 11) is 0. The molecule has 2 heterocycles. The van der Waals surface area contributed by atoms with Crippen molar-refractivity contribution in [3.05, 3.63) is 35.9 Å². The van der Waals surface area contributed by atoms with Crippen LogP contribution in [0.15, 0.2) is 30.3 Å². The van der Waals surface area contributed by atoms with E-state index in [1.165, 1.54) is 57.4 Å². The van der Waals surface area contributed by atoms with Crippen LogP contribution >= 0.6 is 0 Å². The van der Waals surface area contributed by atoms with E-state index < -0.39 is 0 Å². The van der Waals surface area contributed by atoms with Crippen molar-refractivity contribution in [3.63, 3.8) is 0 Å². The maximum absolute atomic E-state index is 3.56. The lowest BCUT2D eigenvalue weighted by atomic mass is 9.80. The third kappa shape index (κ3) is 2.76. The molecular formula is C16H24N2. The first-order valence-corrected chi connectivity index (χ1v) is 7.33. The van der Waals surface area contributed by atoms with Crippen molar-refractivity contribution in [2.75, 3.05) is 26.2 Å². The lowest BCUT2D eigenvalue weighted by molar-refractivity contribution is 0.243. The molecule has 2 aliphatic heterocycles. The number of nitrogens with zero attached hydrogens (tertiary/aromatic N) is 1. The number of likely N-dealkylation sites (tertiary alicyclic amines) is 1. The van der Waals surface area contributed by atoms with Gasteiger partial charge in [-0.2, -0.15) is 0 Å². The van der Waals surface area contributed by atoms with Gasteiger partial charge in [-0.1, -0.05) is 30.3 Å². The molecule has 0 amide bonds. The van der Waals surface area contributed by atoms with E-state index in [0.29, 0.717) is 5.41 Å². The summed E-state index contributed by atoms with van der Waals surface area (Å²) in [5.74, 6) is 0. The summed E-state index contributed by atoms with van der Waals surface area (Å²) in [4.78, 5) is 2.64. The van der Waals surface area contributed by atoms with Gasteiger partial charge >= 0.3 is 0 Å². The van der Waals surface area contributed by atoms with Gasteiger partial charge in [0.1, 0.15) is 0 Å². The summed E-state index contributed by atoms with van der Waals surface area (Å²) in [6.45, 7) is 6.17. The Hall–Kier alpha value is -0.860. The van der Waals surface area contributed by atoms with Gasteiger partial charge in [0.15, 0.2) is 0 Å². The molecule has 1 atom stereocenters. The second-order valence-corrected chi connectivity index (χ2v) is 6.04. The normalized spacial score (nSPS) is 29.6. The molecule has 3 rings (SSSR count). The van der Waals surface area contributed by atoms with Crippen LogP contribution in [-0.4, -0.2) is 31.1 Å². The SMILES string of the molecule is c1ccc(CN2CCCC3(CCNC3)CC2)cc1. The molecule has 1 aromatic carbocycles. The van der Waals surface area contributed by atoms with Crippen LogP contribution in [0.3, 0.4) is 0 Å². The Morgan fingerprint density at radius 1 is 1.06 bits per heavy atom. The highest BCUT2D eigenvalue weighted by Gasteiger charge is 2.35. The van der Waals surface area contributed by atoms with Crippen LogP contribution < -0.4 is 5.32 Å². The number of benzene rings is 1. The van der Waals surface area contributed by atoms with E-state index in [1.807, 2.05) is 0 Å². The lowest BCUT2D eigenvalue weighted by Crippen LogP contribution is -2.27. The van der Waals surface area contributed by atoms with Gasteiger partial charge in [-0.25, -0.2) is 0 Å². The van der Waals surface area contributed by atoms with Gasteiger partial charge in [0.05, 0.1) is 0 Å². The quantitative estimate of drug-likeness (QED) is 0.860. The average Bonchev–Trinajstić information content (AvgIpc) is 2.77. The highest BCUT2D eigenvalue weighted by Crippen LogP contribution is 2.37. The van der Waals surface area contributed by atoms with Crippen molar-refractivity contribution in [2.24, 2.45) is 5.41 Å². The van der Waals surface area contributed by atoms with E-state index >= 15 is 0 Å². The molecular weight excluding hydrogens is 220 g/mol. The lowest BCUT2D eigenvalue weighted by Gasteiger charge is -2.26. The minimum absolute atomic E-state index is 0.630. The maximum Gasteiger partial charge on any atom is 0.0233 e. The Labute approximate surface area is 110 Å². The molecule has 2 saturated heterocycles.